The number of rotatable bonds is 5. The monoisotopic (exact) mass is 285 g/mol. The molecule has 0 aromatic heterocycles. The Hall–Kier alpha value is -0.870. The van der Waals surface area contributed by atoms with Crippen LogP contribution in [0.2, 0.25) is 0 Å². The second-order valence-electron chi connectivity index (χ2n) is 4.39. The van der Waals surface area contributed by atoms with Gasteiger partial charge in [0, 0.05) is 16.4 Å². The highest BCUT2D eigenvalue weighted by Gasteiger charge is 2.20. The molecule has 0 bridgehead atoms. The van der Waals surface area contributed by atoms with E-state index in [0.717, 1.165) is 4.47 Å². The molecular formula is C12H16BrNO2. The summed E-state index contributed by atoms with van der Waals surface area (Å²) >= 11 is 3.43. The van der Waals surface area contributed by atoms with Gasteiger partial charge in [0.25, 0.3) is 0 Å². The van der Waals surface area contributed by atoms with Crippen LogP contribution >= 0.6 is 15.9 Å². The summed E-state index contributed by atoms with van der Waals surface area (Å²) in [4.78, 5) is 10.4. The van der Waals surface area contributed by atoms with Crippen molar-refractivity contribution in [1.82, 2.24) is 5.32 Å². The van der Waals surface area contributed by atoms with Gasteiger partial charge in [-0.15, -0.1) is 0 Å². The fourth-order valence-corrected chi connectivity index (χ4v) is 1.89. The predicted molar refractivity (Wildman–Crippen MR) is 67.7 cm³/mol. The molecule has 1 aromatic carbocycles. The van der Waals surface area contributed by atoms with Crippen molar-refractivity contribution in [1.29, 1.82) is 0 Å². The topological polar surface area (TPSA) is 49.3 Å². The Labute approximate surface area is 104 Å². The highest BCUT2D eigenvalue weighted by Crippen LogP contribution is 2.24. The van der Waals surface area contributed by atoms with Crippen LogP contribution in [0.4, 0.5) is 0 Å². The quantitative estimate of drug-likeness (QED) is 0.874. The van der Waals surface area contributed by atoms with Crippen molar-refractivity contribution in [3.05, 3.63) is 34.3 Å². The van der Waals surface area contributed by atoms with Gasteiger partial charge in [0.1, 0.15) is 0 Å². The molecular weight excluding hydrogens is 270 g/mol. The number of carbonyl (C=O) groups is 1. The molecule has 0 saturated heterocycles. The normalized spacial score (nSPS) is 11.4. The molecule has 1 aromatic rings. The van der Waals surface area contributed by atoms with E-state index in [1.807, 2.05) is 18.2 Å². The summed E-state index contributed by atoms with van der Waals surface area (Å²) in [5, 5.41) is 11.5. The van der Waals surface area contributed by atoms with Gasteiger partial charge >= 0.3 is 5.97 Å². The minimum absolute atomic E-state index is 0.00255. The number of carboxylic acids is 1. The van der Waals surface area contributed by atoms with Crippen molar-refractivity contribution in [2.24, 2.45) is 0 Å². The third kappa shape index (κ3) is 3.94. The van der Waals surface area contributed by atoms with Crippen molar-refractivity contribution in [3.63, 3.8) is 0 Å². The van der Waals surface area contributed by atoms with Crippen molar-refractivity contribution < 1.29 is 9.90 Å². The molecule has 0 aliphatic carbocycles. The van der Waals surface area contributed by atoms with Crippen LogP contribution in [0.5, 0.6) is 0 Å². The molecule has 1 rings (SSSR count). The second kappa shape index (κ2) is 5.46. The Morgan fingerprint density at radius 1 is 1.50 bits per heavy atom. The first-order chi connectivity index (χ1) is 7.42. The number of hydrogen-bond acceptors (Lipinski definition) is 2. The van der Waals surface area contributed by atoms with Gasteiger partial charge in [-0.05, 0) is 17.7 Å². The van der Waals surface area contributed by atoms with Crippen molar-refractivity contribution >= 4 is 21.9 Å². The Morgan fingerprint density at radius 3 is 2.75 bits per heavy atom. The Kier molecular flexibility index (Phi) is 4.50. The molecule has 0 atom stereocenters. The summed E-state index contributed by atoms with van der Waals surface area (Å²) in [6, 6.07) is 8.07. The van der Waals surface area contributed by atoms with Gasteiger partial charge < -0.3 is 10.4 Å². The minimum atomic E-state index is -0.829. The molecule has 0 heterocycles. The lowest BCUT2D eigenvalue weighted by atomic mass is 9.84. The summed E-state index contributed by atoms with van der Waals surface area (Å²) in [6.07, 6.45) is 0. The van der Waals surface area contributed by atoms with Crippen molar-refractivity contribution in [2.75, 3.05) is 13.1 Å². The SMILES string of the molecule is CC(C)(CNCC(=O)O)c1cccc(Br)c1. The fourth-order valence-electron chi connectivity index (χ4n) is 1.49. The van der Waals surface area contributed by atoms with E-state index in [2.05, 4.69) is 41.2 Å². The molecule has 0 aliphatic rings. The lowest BCUT2D eigenvalue weighted by Crippen LogP contribution is -2.35. The van der Waals surface area contributed by atoms with Gasteiger partial charge in [0.2, 0.25) is 0 Å². The lowest BCUT2D eigenvalue weighted by Gasteiger charge is -2.25. The van der Waals surface area contributed by atoms with Crippen LogP contribution in [0.3, 0.4) is 0 Å². The first-order valence-corrected chi connectivity index (χ1v) is 5.90. The molecule has 4 heteroatoms. The van der Waals surface area contributed by atoms with Gasteiger partial charge in [-0.2, -0.15) is 0 Å². The van der Waals surface area contributed by atoms with Gasteiger partial charge in [-0.3, -0.25) is 4.79 Å². The molecule has 16 heavy (non-hydrogen) atoms. The summed E-state index contributed by atoms with van der Waals surface area (Å²) in [7, 11) is 0. The first kappa shape index (κ1) is 13.2. The number of carboxylic acid groups (broad SMARTS) is 1. The minimum Gasteiger partial charge on any atom is -0.480 e. The largest absolute Gasteiger partial charge is 0.480 e. The average molecular weight is 286 g/mol. The number of halogens is 1. The van der Waals surface area contributed by atoms with E-state index in [0.29, 0.717) is 6.54 Å². The lowest BCUT2D eigenvalue weighted by molar-refractivity contribution is -0.136. The van der Waals surface area contributed by atoms with Crippen molar-refractivity contribution in [2.45, 2.75) is 19.3 Å². The number of benzene rings is 1. The van der Waals surface area contributed by atoms with E-state index in [1.165, 1.54) is 5.56 Å². The zero-order valence-corrected chi connectivity index (χ0v) is 11.0. The van der Waals surface area contributed by atoms with E-state index in [-0.39, 0.29) is 12.0 Å². The van der Waals surface area contributed by atoms with Crippen LogP contribution in [0.1, 0.15) is 19.4 Å². The van der Waals surface area contributed by atoms with Crippen LogP contribution in [0.25, 0.3) is 0 Å². The van der Waals surface area contributed by atoms with E-state index < -0.39 is 5.97 Å². The maximum absolute atomic E-state index is 10.4. The Morgan fingerprint density at radius 2 is 2.19 bits per heavy atom. The van der Waals surface area contributed by atoms with Gasteiger partial charge in [0.15, 0.2) is 0 Å². The zero-order valence-electron chi connectivity index (χ0n) is 9.46. The number of nitrogens with one attached hydrogen (secondary N) is 1. The van der Waals surface area contributed by atoms with E-state index in [4.69, 9.17) is 5.11 Å². The van der Waals surface area contributed by atoms with Crippen LogP contribution in [-0.2, 0) is 10.2 Å². The molecule has 3 nitrogen and oxygen atoms in total. The van der Waals surface area contributed by atoms with Gasteiger partial charge in [-0.25, -0.2) is 0 Å². The van der Waals surface area contributed by atoms with Crippen LogP contribution in [0.15, 0.2) is 28.7 Å². The molecule has 0 radical (unpaired) electrons. The van der Waals surface area contributed by atoms with Crippen LogP contribution in [-0.4, -0.2) is 24.2 Å². The van der Waals surface area contributed by atoms with E-state index in [1.54, 1.807) is 0 Å². The maximum Gasteiger partial charge on any atom is 0.317 e. The second-order valence-corrected chi connectivity index (χ2v) is 5.31. The Balaban J connectivity index is 2.66. The highest BCUT2D eigenvalue weighted by atomic mass is 79.9. The maximum atomic E-state index is 10.4. The molecule has 0 spiro atoms. The summed E-state index contributed by atoms with van der Waals surface area (Å²) in [5.74, 6) is -0.829. The predicted octanol–water partition coefficient (Wildman–Crippen LogP) is 2.40. The molecule has 0 unspecified atom stereocenters. The van der Waals surface area contributed by atoms with E-state index >= 15 is 0 Å². The standard InChI is InChI=1S/C12H16BrNO2/c1-12(2,8-14-7-11(15)16)9-4-3-5-10(13)6-9/h3-6,14H,7-8H2,1-2H3,(H,15,16). The van der Waals surface area contributed by atoms with Gasteiger partial charge in [0.05, 0.1) is 6.54 Å². The molecule has 0 amide bonds. The van der Waals surface area contributed by atoms with Crippen molar-refractivity contribution in [3.8, 4) is 0 Å². The number of hydrogen-bond donors (Lipinski definition) is 2. The van der Waals surface area contributed by atoms with Gasteiger partial charge in [-0.1, -0.05) is 41.9 Å². The highest BCUT2D eigenvalue weighted by molar-refractivity contribution is 9.10. The van der Waals surface area contributed by atoms with E-state index in [9.17, 15) is 4.79 Å². The molecule has 0 saturated carbocycles. The summed E-state index contributed by atoms with van der Waals surface area (Å²) in [5.41, 5.74) is 1.10. The first-order valence-electron chi connectivity index (χ1n) is 5.10. The average Bonchev–Trinajstić information content (AvgIpc) is 2.16. The third-order valence-corrected chi connectivity index (χ3v) is 2.94. The molecule has 88 valence electrons. The molecule has 0 fully saturated rings. The van der Waals surface area contributed by atoms with Crippen LogP contribution < -0.4 is 5.32 Å². The van der Waals surface area contributed by atoms with Crippen LogP contribution in [0, 0.1) is 0 Å². The smallest absolute Gasteiger partial charge is 0.317 e. The summed E-state index contributed by atoms with van der Waals surface area (Å²) < 4.78 is 1.04. The molecule has 0 aliphatic heterocycles. The number of aliphatic carboxylic acids is 1. The Bertz CT molecular complexity index is 377. The zero-order chi connectivity index (χ0) is 12.2. The third-order valence-electron chi connectivity index (χ3n) is 2.45. The summed E-state index contributed by atoms with van der Waals surface area (Å²) in [6.45, 7) is 4.81. The fraction of sp³-hybridized carbons (Fsp3) is 0.417. The molecule has 2 N–H and O–H groups in total.